The molecule has 1 aliphatic heterocycles. The van der Waals surface area contributed by atoms with E-state index in [2.05, 4.69) is 15.0 Å². The summed E-state index contributed by atoms with van der Waals surface area (Å²) in [7, 11) is 0. The molecule has 1 aromatic rings. The van der Waals surface area contributed by atoms with Gasteiger partial charge < -0.3 is 15.2 Å². The molecule has 1 heterocycles. The fourth-order valence-electron chi connectivity index (χ4n) is 3.13. The lowest BCUT2D eigenvalue weighted by molar-refractivity contribution is -0.253. The van der Waals surface area contributed by atoms with Crippen molar-refractivity contribution >= 4 is 0 Å². The Morgan fingerprint density at radius 2 is 1.80 bits per heavy atom. The van der Waals surface area contributed by atoms with Gasteiger partial charge in [0, 0.05) is 49.8 Å². The third-order valence-electron chi connectivity index (χ3n) is 4.38. The molecular formula is C17H24F4N2O2. The highest BCUT2D eigenvalue weighted by Crippen LogP contribution is 2.43. The Balaban J connectivity index is 2.43. The molecule has 8 heteroatoms. The molecule has 0 saturated carbocycles. The molecule has 25 heavy (non-hydrogen) atoms. The van der Waals surface area contributed by atoms with Crippen molar-refractivity contribution in [3.63, 3.8) is 0 Å². The number of hydrogen-bond acceptors (Lipinski definition) is 4. The molecule has 1 aliphatic rings. The summed E-state index contributed by atoms with van der Waals surface area (Å²) in [6.07, 6.45) is -8.50. The lowest BCUT2D eigenvalue weighted by Crippen LogP contribution is -2.49. The van der Waals surface area contributed by atoms with Gasteiger partial charge in [-0.15, -0.1) is 0 Å². The Labute approximate surface area is 144 Å². The number of piperazine rings is 1. The van der Waals surface area contributed by atoms with Crippen LogP contribution in [0.15, 0.2) is 24.3 Å². The van der Waals surface area contributed by atoms with Gasteiger partial charge in [0.15, 0.2) is 0 Å². The average molecular weight is 364 g/mol. The maximum atomic E-state index is 13.5. The number of benzene rings is 1. The van der Waals surface area contributed by atoms with Crippen LogP contribution < -0.4 is 10.1 Å². The maximum Gasteiger partial charge on any atom is 0.461 e. The number of aliphatic hydroxyl groups excluding tert-OH is 1. The number of hydrogen-bond donors (Lipinski definition) is 2. The van der Waals surface area contributed by atoms with Crippen LogP contribution in [0.5, 0.6) is 5.75 Å². The molecule has 0 unspecified atom stereocenters. The van der Waals surface area contributed by atoms with E-state index in [1.165, 1.54) is 12.1 Å². The predicted molar refractivity (Wildman–Crippen MR) is 86.1 cm³/mol. The normalized spacial score (nSPS) is 18.4. The van der Waals surface area contributed by atoms with E-state index in [1.54, 1.807) is 12.1 Å². The quantitative estimate of drug-likeness (QED) is 0.731. The molecule has 2 rings (SSSR count). The van der Waals surface area contributed by atoms with E-state index < -0.39 is 24.0 Å². The third kappa shape index (κ3) is 4.62. The minimum atomic E-state index is -4.58. The summed E-state index contributed by atoms with van der Waals surface area (Å²) < 4.78 is 56.4. The number of ether oxygens (including phenoxy) is 1. The van der Waals surface area contributed by atoms with E-state index >= 15 is 0 Å². The van der Waals surface area contributed by atoms with Crippen molar-refractivity contribution < 1.29 is 27.4 Å². The van der Waals surface area contributed by atoms with E-state index in [0.29, 0.717) is 31.7 Å². The highest BCUT2D eigenvalue weighted by molar-refractivity contribution is 5.37. The van der Waals surface area contributed by atoms with E-state index in [9.17, 15) is 22.7 Å². The zero-order chi connectivity index (χ0) is 18.7. The van der Waals surface area contributed by atoms with Crippen LogP contribution in [0.4, 0.5) is 17.6 Å². The summed E-state index contributed by atoms with van der Waals surface area (Å²) in [5.74, 6) is -0.294. The van der Waals surface area contributed by atoms with Gasteiger partial charge in [0.1, 0.15) is 5.75 Å². The second kappa shape index (κ2) is 7.88. The number of rotatable bonds is 7. The van der Waals surface area contributed by atoms with Crippen molar-refractivity contribution in [3.05, 3.63) is 29.8 Å². The largest absolute Gasteiger partial charge is 0.461 e. The molecule has 1 saturated heterocycles. The molecule has 0 aromatic heterocycles. The van der Waals surface area contributed by atoms with Gasteiger partial charge in [0.05, 0.1) is 0 Å². The first-order valence-corrected chi connectivity index (χ1v) is 8.18. The van der Waals surface area contributed by atoms with Crippen LogP contribution >= 0.6 is 0 Å². The van der Waals surface area contributed by atoms with Crippen molar-refractivity contribution in [1.82, 2.24) is 10.2 Å². The Morgan fingerprint density at radius 1 is 1.20 bits per heavy atom. The fraction of sp³-hybridized carbons (Fsp3) is 0.647. The lowest BCUT2D eigenvalue weighted by atomic mass is 9.79. The van der Waals surface area contributed by atoms with Crippen molar-refractivity contribution in [3.8, 4) is 5.75 Å². The molecule has 0 aliphatic carbocycles. The molecular weight excluding hydrogens is 340 g/mol. The summed E-state index contributed by atoms with van der Waals surface area (Å²) in [6.45, 7) is 6.15. The SMILES string of the molecule is CC(C)(CO)[C@@H](c1ccccc1OC(F)(F)C(F)F)N1CCNCC1. The molecule has 2 N–H and O–H groups in total. The predicted octanol–water partition coefficient (Wildman–Crippen LogP) is 2.89. The van der Waals surface area contributed by atoms with Crippen LogP contribution in [0, 0.1) is 5.41 Å². The van der Waals surface area contributed by atoms with Crippen LogP contribution in [0.3, 0.4) is 0 Å². The Bertz CT molecular complexity index is 563. The third-order valence-corrected chi connectivity index (χ3v) is 4.38. The second-order valence-electron chi connectivity index (χ2n) is 6.84. The van der Waals surface area contributed by atoms with Crippen molar-refractivity contribution in [1.29, 1.82) is 0 Å². The molecule has 142 valence electrons. The number of halogens is 4. The minimum Gasteiger partial charge on any atom is -0.428 e. The monoisotopic (exact) mass is 364 g/mol. The first-order chi connectivity index (χ1) is 11.7. The summed E-state index contributed by atoms with van der Waals surface area (Å²) in [4.78, 5) is 2.05. The molecule has 1 atom stereocenters. The topological polar surface area (TPSA) is 44.7 Å². The standard InChI is InChI=1S/C17H24F4N2O2/c1-16(2,11-24)14(23-9-7-22-8-10-23)12-5-3-4-6-13(12)25-17(20,21)15(18)19/h3-6,14-15,22,24H,7-11H2,1-2H3/t14-/m1/s1. The summed E-state index contributed by atoms with van der Waals surface area (Å²) in [5.41, 5.74) is -0.319. The molecule has 4 nitrogen and oxygen atoms in total. The number of aliphatic hydroxyl groups is 1. The zero-order valence-corrected chi connectivity index (χ0v) is 14.3. The minimum absolute atomic E-state index is 0.193. The van der Waals surface area contributed by atoms with E-state index in [0.717, 1.165) is 0 Å². The van der Waals surface area contributed by atoms with Crippen LogP contribution in [-0.4, -0.2) is 55.3 Å². The fourth-order valence-corrected chi connectivity index (χ4v) is 3.13. The van der Waals surface area contributed by atoms with Gasteiger partial charge in [0.2, 0.25) is 0 Å². The van der Waals surface area contributed by atoms with Gasteiger partial charge in [-0.25, -0.2) is 0 Å². The van der Waals surface area contributed by atoms with Crippen LogP contribution in [-0.2, 0) is 0 Å². The first-order valence-electron chi connectivity index (χ1n) is 8.18. The molecule has 0 radical (unpaired) electrons. The highest BCUT2D eigenvalue weighted by atomic mass is 19.3. The highest BCUT2D eigenvalue weighted by Gasteiger charge is 2.45. The summed E-state index contributed by atoms with van der Waals surface area (Å²) in [6, 6.07) is 5.49. The lowest BCUT2D eigenvalue weighted by Gasteiger charge is -2.44. The molecule has 1 fully saturated rings. The Kier molecular flexibility index (Phi) is 6.29. The Hall–Kier alpha value is -1.38. The number of nitrogens with zero attached hydrogens (tertiary/aromatic N) is 1. The second-order valence-corrected chi connectivity index (χ2v) is 6.84. The number of nitrogens with one attached hydrogen (secondary N) is 1. The van der Waals surface area contributed by atoms with Gasteiger partial charge in [-0.05, 0) is 6.07 Å². The van der Waals surface area contributed by atoms with Crippen LogP contribution in [0.2, 0.25) is 0 Å². The van der Waals surface area contributed by atoms with Crippen LogP contribution in [0.25, 0.3) is 0 Å². The summed E-state index contributed by atoms with van der Waals surface area (Å²) >= 11 is 0. The number of alkyl halides is 4. The first kappa shape index (κ1) is 19.9. The molecule has 0 spiro atoms. The van der Waals surface area contributed by atoms with Gasteiger partial charge >= 0.3 is 12.5 Å². The van der Waals surface area contributed by atoms with Crippen molar-refractivity contribution in [2.24, 2.45) is 5.41 Å². The van der Waals surface area contributed by atoms with Crippen molar-refractivity contribution in [2.45, 2.75) is 32.4 Å². The molecule has 0 amide bonds. The molecule has 0 bridgehead atoms. The van der Waals surface area contributed by atoms with E-state index in [4.69, 9.17) is 0 Å². The average Bonchev–Trinajstić information content (AvgIpc) is 2.57. The zero-order valence-electron chi connectivity index (χ0n) is 14.3. The van der Waals surface area contributed by atoms with Gasteiger partial charge in [-0.2, -0.15) is 17.6 Å². The maximum absolute atomic E-state index is 13.5. The Morgan fingerprint density at radius 3 is 2.36 bits per heavy atom. The van der Waals surface area contributed by atoms with Crippen LogP contribution in [0.1, 0.15) is 25.5 Å². The van der Waals surface area contributed by atoms with E-state index in [1.807, 2.05) is 13.8 Å². The molecule has 1 aromatic carbocycles. The summed E-state index contributed by atoms with van der Waals surface area (Å²) in [5, 5.41) is 13.0. The van der Waals surface area contributed by atoms with E-state index in [-0.39, 0.29) is 12.4 Å². The van der Waals surface area contributed by atoms with Crippen molar-refractivity contribution in [2.75, 3.05) is 32.8 Å². The van der Waals surface area contributed by atoms with Gasteiger partial charge in [-0.1, -0.05) is 32.0 Å². The van der Waals surface area contributed by atoms with Gasteiger partial charge in [0.25, 0.3) is 0 Å². The number of para-hydroxylation sites is 1. The smallest absolute Gasteiger partial charge is 0.428 e. The van der Waals surface area contributed by atoms with Gasteiger partial charge in [-0.3, -0.25) is 4.90 Å².